The van der Waals surface area contributed by atoms with Crippen molar-refractivity contribution in [3.05, 3.63) is 0 Å². The van der Waals surface area contributed by atoms with Crippen molar-refractivity contribution in [1.82, 2.24) is 9.96 Å². The highest BCUT2D eigenvalue weighted by Gasteiger charge is 2.37. The van der Waals surface area contributed by atoms with E-state index in [0.717, 1.165) is 10.8 Å². The van der Waals surface area contributed by atoms with Crippen LogP contribution in [0.4, 0.5) is 0 Å². The zero-order chi connectivity index (χ0) is 15.3. The van der Waals surface area contributed by atoms with Crippen LogP contribution in [0.15, 0.2) is 0 Å². The summed E-state index contributed by atoms with van der Waals surface area (Å²) >= 11 is 0. The van der Waals surface area contributed by atoms with Gasteiger partial charge in [-0.1, -0.05) is 0 Å². The molecule has 0 N–H and O–H groups in total. The lowest BCUT2D eigenvalue weighted by atomic mass is 10.2. The predicted molar refractivity (Wildman–Crippen MR) is 80.7 cm³/mol. The average Bonchev–Trinajstić information content (AvgIpc) is 2.73. The zero-order valence-corrected chi connectivity index (χ0v) is 13.9. The Morgan fingerprint density at radius 1 is 1.45 bits per heavy atom. The lowest BCUT2D eigenvalue weighted by Gasteiger charge is -2.28. The van der Waals surface area contributed by atoms with Crippen molar-refractivity contribution in [2.24, 2.45) is 0 Å². The first-order chi connectivity index (χ1) is 9.26. The minimum absolute atomic E-state index is 0.0315. The van der Waals surface area contributed by atoms with Crippen molar-refractivity contribution in [2.75, 3.05) is 52.0 Å². The van der Waals surface area contributed by atoms with Crippen molar-refractivity contribution in [2.45, 2.75) is 18.9 Å². The van der Waals surface area contributed by atoms with Gasteiger partial charge in [0.2, 0.25) is 5.91 Å². The second-order valence-electron chi connectivity index (χ2n) is 5.77. The molecule has 20 heavy (non-hydrogen) atoms. The maximum absolute atomic E-state index is 12.1. The van der Waals surface area contributed by atoms with E-state index in [2.05, 4.69) is 18.8 Å². The molecule has 1 rings (SSSR count). The molecule has 7 heteroatoms. The summed E-state index contributed by atoms with van der Waals surface area (Å²) in [5.41, 5.74) is 0. The Labute approximate surface area is 122 Å². The van der Waals surface area contributed by atoms with Crippen molar-refractivity contribution in [3.8, 4) is 0 Å². The van der Waals surface area contributed by atoms with Gasteiger partial charge in [0.1, 0.15) is 12.8 Å². The lowest BCUT2D eigenvalue weighted by Crippen LogP contribution is -2.46. The number of carbonyl (C=O) groups excluding carboxylic acids is 2. The SMILES string of the molecule is CON(C)C(=O)C1CCC(=O)N1COCCS(C)(C)C. The molecule has 0 aromatic carbocycles. The molecule has 0 aliphatic carbocycles. The molecule has 1 saturated heterocycles. The highest BCUT2D eigenvalue weighted by Crippen LogP contribution is 2.33. The number of likely N-dealkylation sites (N-methyl/N-ethyl adjacent to an activating group) is 1. The van der Waals surface area contributed by atoms with Crippen molar-refractivity contribution >= 4 is 21.8 Å². The summed E-state index contributed by atoms with van der Waals surface area (Å²) in [4.78, 5) is 30.3. The van der Waals surface area contributed by atoms with Crippen LogP contribution in [0.2, 0.25) is 0 Å². The minimum Gasteiger partial charge on any atom is -0.360 e. The molecule has 0 aromatic rings. The van der Waals surface area contributed by atoms with E-state index in [1.165, 1.54) is 12.0 Å². The van der Waals surface area contributed by atoms with Gasteiger partial charge in [0.05, 0.1) is 13.7 Å². The monoisotopic (exact) mass is 306 g/mol. The van der Waals surface area contributed by atoms with Gasteiger partial charge >= 0.3 is 0 Å². The summed E-state index contributed by atoms with van der Waals surface area (Å²) in [5, 5.41) is 1.16. The van der Waals surface area contributed by atoms with E-state index in [1.54, 1.807) is 7.05 Å². The van der Waals surface area contributed by atoms with Gasteiger partial charge in [-0.15, -0.1) is 0 Å². The van der Waals surface area contributed by atoms with Gasteiger partial charge in [0.15, 0.2) is 0 Å². The molecule has 0 saturated carbocycles. The van der Waals surface area contributed by atoms with E-state index in [1.807, 2.05) is 0 Å². The third kappa shape index (κ3) is 4.96. The number of hydroxylamine groups is 2. The highest BCUT2D eigenvalue weighted by atomic mass is 32.3. The molecule has 0 spiro atoms. The molecule has 1 fully saturated rings. The molecule has 118 valence electrons. The molecule has 1 atom stereocenters. The lowest BCUT2D eigenvalue weighted by molar-refractivity contribution is -0.176. The number of nitrogens with zero attached hydrogens (tertiary/aromatic N) is 2. The Kier molecular flexibility index (Phi) is 6.29. The van der Waals surface area contributed by atoms with Crippen LogP contribution in [-0.4, -0.2) is 79.8 Å². The number of hydrogen-bond donors (Lipinski definition) is 0. The highest BCUT2D eigenvalue weighted by molar-refractivity contribution is 8.32. The largest absolute Gasteiger partial charge is 0.360 e. The maximum atomic E-state index is 12.1. The maximum Gasteiger partial charge on any atom is 0.268 e. The zero-order valence-electron chi connectivity index (χ0n) is 13.0. The molecular formula is C13H26N2O4S. The van der Waals surface area contributed by atoms with Crippen LogP contribution in [0.5, 0.6) is 0 Å². The Balaban J connectivity index is 2.48. The smallest absolute Gasteiger partial charge is 0.268 e. The van der Waals surface area contributed by atoms with Crippen molar-refractivity contribution in [1.29, 1.82) is 0 Å². The van der Waals surface area contributed by atoms with Crippen LogP contribution in [0.1, 0.15) is 12.8 Å². The number of amides is 2. The summed E-state index contributed by atoms with van der Waals surface area (Å²) in [5.74, 6) is 0.755. The minimum atomic E-state index is -0.604. The summed E-state index contributed by atoms with van der Waals surface area (Å²) in [6.07, 6.45) is 7.58. The topological polar surface area (TPSA) is 59.1 Å². The summed E-state index contributed by atoms with van der Waals surface area (Å²) in [7, 11) is 2.38. The van der Waals surface area contributed by atoms with E-state index in [4.69, 9.17) is 9.57 Å². The van der Waals surface area contributed by atoms with E-state index >= 15 is 0 Å². The van der Waals surface area contributed by atoms with Gasteiger partial charge in [0, 0.05) is 19.2 Å². The summed E-state index contributed by atoms with van der Waals surface area (Å²) in [6.45, 7) is 0.798. The molecule has 1 unspecified atom stereocenters. The third-order valence-corrected chi connectivity index (χ3v) is 4.66. The first-order valence-electron chi connectivity index (χ1n) is 6.61. The first kappa shape index (κ1) is 17.3. The fraction of sp³-hybridized carbons (Fsp3) is 0.846. The summed E-state index contributed by atoms with van der Waals surface area (Å²) in [6, 6.07) is -0.463. The number of carbonyl (C=O) groups is 2. The van der Waals surface area contributed by atoms with E-state index in [0.29, 0.717) is 19.4 Å². The third-order valence-electron chi connectivity index (χ3n) is 3.27. The van der Waals surface area contributed by atoms with Crippen LogP contribution in [0.3, 0.4) is 0 Å². The van der Waals surface area contributed by atoms with E-state index in [-0.39, 0.29) is 18.5 Å². The first-order valence-corrected chi connectivity index (χ1v) is 9.64. The molecule has 0 radical (unpaired) electrons. The van der Waals surface area contributed by atoms with Gasteiger partial charge < -0.3 is 9.64 Å². The number of ether oxygens (including phenoxy) is 1. The Bertz CT molecular complexity index is 357. The van der Waals surface area contributed by atoms with E-state index in [9.17, 15) is 9.59 Å². The molecule has 0 bridgehead atoms. The van der Waals surface area contributed by atoms with Crippen molar-refractivity contribution < 1.29 is 19.2 Å². The second kappa shape index (κ2) is 7.28. The fourth-order valence-corrected chi connectivity index (χ4v) is 2.54. The van der Waals surface area contributed by atoms with Gasteiger partial charge in [-0.25, -0.2) is 15.1 Å². The Morgan fingerprint density at radius 2 is 2.10 bits per heavy atom. The quantitative estimate of drug-likeness (QED) is 0.512. The Morgan fingerprint density at radius 3 is 2.65 bits per heavy atom. The summed E-state index contributed by atoms with van der Waals surface area (Å²) < 4.78 is 5.57. The number of hydrogen-bond acceptors (Lipinski definition) is 4. The number of rotatable bonds is 7. The van der Waals surface area contributed by atoms with Crippen molar-refractivity contribution in [3.63, 3.8) is 0 Å². The molecule has 2 amide bonds. The van der Waals surface area contributed by atoms with Gasteiger partial charge in [0.25, 0.3) is 5.91 Å². The fourth-order valence-electron chi connectivity index (χ4n) is 1.92. The average molecular weight is 306 g/mol. The van der Waals surface area contributed by atoms with Crippen LogP contribution in [0.25, 0.3) is 0 Å². The normalized spacial score (nSPS) is 20.4. The predicted octanol–water partition coefficient (Wildman–Crippen LogP) is 0.665. The van der Waals surface area contributed by atoms with Crippen LogP contribution >= 0.6 is 10.0 Å². The van der Waals surface area contributed by atoms with Gasteiger partial charge in [-0.05, 0) is 25.2 Å². The van der Waals surface area contributed by atoms with Crippen LogP contribution in [-0.2, 0) is 19.2 Å². The Hall–Kier alpha value is -0.790. The van der Waals surface area contributed by atoms with Crippen LogP contribution < -0.4 is 0 Å². The van der Waals surface area contributed by atoms with Crippen LogP contribution in [0, 0.1) is 0 Å². The standard InChI is InChI=1S/C13H26N2O4S/c1-14(18-2)13(17)11-6-7-12(16)15(11)10-19-8-9-20(3,4)5/h11H,6-10H2,1-5H3. The molecular weight excluding hydrogens is 280 g/mol. The second-order valence-corrected chi connectivity index (χ2v) is 10.4. The molecule has 1 aliphatic heterocycles. The molecule has 6 nitrogen and oxygen atoms in total. The molecule has 0 aromatic heterocycles. The van der Waals surface area contributed by atoms with Gasteiger partial charge in [-0.3, -0.25) is 14.4 Å². The van der Waals surface area contributed by atoms with Gasteiger partial charge in [-0.2, -0.15) is 0 Å². The molecule has 1 aliphatic rings. The number of likely N-dealkylation sites (tertiary alicyclic amines) is 1. The van der Waals surface area contributed by atoms with E-state index < -0.39 is 16.1 Å². The molecule has 1 heterocycles.